The molecule has 2 rings (SSSR count). The molecule has 0 amide bonds. The van der Waals surface area contributed by atoms with Crippen molar-refractivity contribution in [1.82, 2.24) is 9.29 Å². The van der Waals surface area contributed by atoms with Crippen LogP contribution in [0.1, 0.15) is 41.8 Å². The summed E-state index contributed by atoms with van der Waals surface area (Å²) in [5, 5.41) is 0. The SMILES string of the molecule is CCN(CC)S(=O)(=O)c1cc(C(=O)OCCCc2cccnc2)ccc1C. The number of hydrogen-bond donors (Lipinski definition) is 0. The molecule has 6 nitrogen and oxygen atoms in total. The molecule has 0 saturated carbocycles. The molecule has 0 saturated heterocycles. The smallest absolute Gasteiger partial charge is 0.338 e. The Balaban J connectivity index is 2.05. The molecule has 0 aliphatic heterocycles. The van der Waals surface area contributed by atoms with E-state index >= 15 is 0 Å². The van der Waals surface area contributed by atoms with Crippen molar-refractivity contribution < 1.29 is 17.9 Å². The second-order valence-electron chi connectivity index (χ2n) is 6.17. The molecule has 1 heterocycles. The van der Waals surface area contributed by atoms with Gasteiger partial charge in [0.15, 0.2) is 0 Å². The maximum Gasteiger partial charge on any atom is 0.338 e. The third-order valence-corrected chi connectivity index (χ3v) is 6.50. The van der Waals surface area contributed by atoms with Crippen molar-refractivity contribution in [3.63, 3.8) is 0 Å². The lowest BCUT2D eigenvalue weighted by Gasteiger charge is -2.20. The van der Waals surface area contributed by atoms with Crippen molar-refractivity contribution in [2.75, 3.05) is 19.7 Å². The molecule has 0 unspecified atom stereocenters. The zero-order valence-electron chi connectivity index (χ0n) is 16.0. The van der Waals surface area contributed by atoms with Crippen LogP contribution in [0.2, 0.25) is 0 Å². The van der Waals surface area contributed by atoms with Crippen molar-refractivity contribution in [1.29, 1.82) is 0 Å². The van der Waals surface area contributed by atoms with E-state index in [0.29, 0.717) is 25.1 Å². The van der Waals surface area contributed by atoms with Crippen LogP contribution >= 0.6 is 0 Å². The number of aryl methyl sites for hydroxylation is 2. The normalized spacial score (nSPS) is 11.6. The summed E-state index contributed by atoms with van der Waals surface area (Å²) in [6.07, 6.45) is 4.93. The summed E-state index contributed by atoms with van der Waals surface area (Å²) in [6, 6.07) is 8.49. The van der Waals surface area contributed by atoms with Crippen molar-refractivity contribution in [3.8, 4) is 0 Å². The Hall–Kier alpha value is -2.25. The fraction of sp³-hybridized carbons (Fsp3) is 0.400. The van der Waals surface area contributed by atoms with Gasteiger partial charge in [0.25, 0.3) is 0 Å². The van der Waals surface area contributed by atoms with Crippen LogP contribution in [-0.2, 0) is 21.2 Å². The highest BCUT2D eigenvalue weighted by atomic mass is 32.2. The Morgan fingerprint density at radius 2 is 1.93 bits per heavy atom. The number of ether oxygens (including phenoxy) is 1. The fourth-order valence-corrected chi connectivity index (χ4v) is 4.49. The zero-order chi connectivity index (χ0) is 19.9. The summed E-state index contributed by atoms with van der Waals surface area (Å²) in [7, 11) is -3.63. The first-order valence-electron chi connectivity index (χ1n) is 9.07. The van der Waals surface area contributed by atoms with Gasteiger partial charge in [-0.25, -0.2) is 13.2 Å². The van der Waals surface area contributed by atoms with Gasteiger partial charge in [-0.2, -0.15) is 4.31 Å². The Labute approximate surface area is 161 Å². The molecule has 0 spiro atoms. The summed E-state index contributed by atoms with van der Waals surface area (Å²) in [5.74, 6) is -0.516. The average Bonchev–Trinajstić information content (AvgIpc) is 2.67. The molecule has 7 heteroatoms. The van der Waals surface area contributed by atoms with Gasteiger partial charge in [-0.1, -0.05) is 26.0 Å². The number of sulfonamides is 1. The lowest BCUT2D eigenvalue weighted by Crippen LogP contribution is -2.31. The highest BCUT2D eigenvalue weighted by Gasteiger charge is 2.24. The number of carbonyl (C=O) groups excluding carboxylic acids is 1. The van der Waals surface area contributed by atoms with E-state index in [1.54, 1.807) is 45.3 Å². The minimum atomic E-state index is -3.63. The van der Waals surface area contributed by atoms with E-state index in [0.717, 1.165) is 12.0 Å². The maximum absolute atomic E-state index is 12.8. The number of aromatic nitrogens is 1. The molecule has 0 aliphatic rings. The predicted octanol–water partition coefficient (Wildman–Crippen LogP) is 3.21. The second-order valence-corrected chi connectivity index (χ2v) is 8.08. The maximum atomic E-state index is 12.8. The number of pyridine rings is 1. The van der Waals surface area contributed by atoms with Gasteiger partial charge in [-0.15, -0.1) is 0 Å². The molecule has 0 N–H and O–H groups in total. The van der Waals surface area contributed by atoms with Crippen LogP contribution in [0, 0.1) is 6.92 Å². The molecule has 146 valence electrons. The quantitative estimate of drug-likeness (QED) is 0.485. The molecular weight excluding hydrogens is 364 g/mol. The summed E-state index contributed by atoms with van der Waals surface area (Å²) >= 11 is 0. The van der Waals surface area contributed by atoms with Gasteiger partial charge < -0.3 is 4.74 Å². The summed E-state index contributed by atoms with van der Waals surface area (Å²) in [6.45, 7) is 6.31. The van der Waals surface area contributed by atoms with Gasteiger partial charge in [0, 0.05) is 25.5 Å². The minimum absolute atomic E-state index is 0.149. The number of carbonyl (C=O) groups is 1. The van der Waals surface area contributed by atoms with Crippen LogP contribution in [0.25, 0.3) is 0 Å². The molecular formula is C20H26N2O4S. The van der Waals surface area contributed by atoms with Gasteiger partial charge >= 0.3 is 5.97 Å². The Morgan fingerprint density at radius 1 is 1.19 bits per heavy atom. The van der Waals surface area contributed by atoms with Gasteiger partial charge in [0.05, 0.1) is 17.1 Å². The number of benzene rings is 1. The predicted molar refractivity (Wildman–Crippen MR) is 104 cm³/mol. The molecule has 0 bridgehead atoms. The van der Waals surface area contributed by atoms with E-state index in [2.05, 4.69) is 4.98 Å². The molecule has 1 aromatic carbocycles. The van der Waals surface area contributed by atoms with Gasteiger partial charge in [0.1, 0.15) is 0 Å². The molecule has 0 aliphatic carbocycles. The first-order valence-corrected chi connectivity index (χ1v) is 10.5. The zero-order valence-corrected chi connectivity index (χ0v) is 16.8. The van der Waals surface area contributed by atoms with Crippen LogP contribution in [-0.4, -0.2) is 43.4 Å². The number of rotatable bonds is 9. The second kappa shape index (κ2) is 9.62. The monoisotopic (exact) mass is 390 g/mol. The van der Waals surface area contributed by atoms with Crippen LogP contribution < -0.4 is 0 Å². The van der Waals surface area contributed by atoms with Gasteiger partial charge in [0.2, 0.25) is 10.0 Å². The van der Waals surface area contributed by atoms with E-state index in [-0.39, 0.29) is 17.1 Å². The van der Waals surface area contributed by atoms with Crippen LogP contribution in [0.3, 0.4) is 0 Å². The Morgan fingerprint density at radius 3 is 2.56 bits per heavy atom. The summed E-state index contributed by atoms with van der Waals surface area (Å²) in [5.41, 5.74) is 1.93. The van der Waals surface area contributed by atoms with Crippen molar-refractivity contribution in [3.05, 3.63) is 59.4 Å². The highest BCUT2D eigenvalue weighted by molar-refractivity contribution is 7.89. The van der Waals surface area contributed by atoms with E-state index in [1.165, 1.54) is 10.4 Å². The van der Waals surface area contributed by atoms with Crippen LogP contribution in [0.5, 0.6) is 0 Å². The average molecular weight is 391 g/mol. The number of nitrogens with zero attached hydrogens (tertiary/aromatic N) is 2. The van der Waals surface area contributed by atoms with E-state index in [4.69, 9.17) is 4.74 Å². The van der Waals surface area contributed by atoms with Gasteiger partial charge in [-0.3, -0.25) is 4.98 Å². The van der Waals surface area contributed by atoms with Crippen LogP contribution in [0.15, 0.2) is 47.6 Å². The first kappa shape index (κ1) is 21.1. The first-order chi connectivity index (χ1) is 12.9. The molecule has 27 heavy (non-hydrogen) atoms. The lowest BCUT2D eigenvalue weighted by molar-refractivity contribution is 0.0500. The standard InChI is InChI=1S/C20H26N2O4S/c1-4-22(5-2)27(24,25)19-14-18(11-10-16(19)3)20(23)26-13-7-9-17-8-6-12-21-15-17/h6,8,10-12,14-15H,4-5,7,9,13H2,1-3H3. The minimum Gasteiger partial charge on any atom is -0.462 e. The molecule has 0 atom stereocenters. The largest absolute Gasteiger partial charge is 0.462 e. The molecule has 0 fully saturated rings. The van der Waals surface area contributed by atoms with Crippen molar-refractivity contribution >= 4 is 16.0 Å². The van der Waals surface area contributed by atoms with Crippen molar-refractivity contribution in [2.45, 2.75) is 38.5 Å². The number of hydrogen-bond acceptors (Lipinski definition) is 5. The molecule has 0 radical (unpaired) electrons. The van der Waals surface area contributed by atoms with E-state index in [9.17, 15) is 13.2 Å². The topological polar surface area (TPSA) is 76.6 Å². The third kappa shape index (κ3) is 5.37. The third-order valence-electron chi connectivity index (χ3n) is 4.31. The Kier molecular flexibility index (Phi) is 7.50. The van der Waals surface area contributed by atoms with Gasteiger partial charge in [-0.05, 0) is 49.1 Å². The van der Waals surface area contributed by atoms with E-state index < -0.39 is 16.0 Å². The molecule has 1 aromatic heterocycles. The van der Waals surface area contributed by atoms with Crippen molar-refractivity contribution in [2.24, 2.45) is 0 Å². The number of esters is 1. The summed E-state index contributed by atoms with van der Waals surface area (Å²) in [4.78, 5) is 16.5. The molecule has 2 aromatic rings. The Bertz CT molecular complexity index is 863. The fourth-order valence-electron chi connectivity index (χ4n) is 2.78. The van der Waals surface area contributed by atoms with E-state index in [1.807, 2.05) is 12.1 Å². The lowest BCUT2D eigenvalue weighted by atomic mass is 10.1. The highest BCUT2D eigenvalue weighted by Crippen LogP contribution is 2.22. The summed E-state index contributed by atoms with van der Waals surface area (Å²) < 4.78 is 32.2. The van der Waals surface area contributed by atoms with Crippen LogP contribution in [0.4, 0.5) is 0 Å².